The van der Waals surface area contributed by atoms with Gasteiger partial charge in [0.1, 0.15) is 6.23 Å². The van der Waals surface area contributed by atoms with Crippen LogP contribution in [0.15, 0.2) is 0 Å². The van der Waals surface area contributed by atoms with Crippen molar-refractivity contribution in [1.82, 2.24) is 4.90 Å². The van der Waals surface area contributed by atoms with Crippen LogP contribution in [-0.2, 0) is 4.74 Å². The maximum atomic E-state index is 5.52. The zero-order chi connectivity index (χ0) is 7.40. The first-order valence-corrected chi connectivity index (χ1v) is 5.32. The molecule has 0 aliphatic carbocycles. The molecule has 0 amide bonds. The van der Waals surface area contributed by atoms with Gasteiger partial charge in [0, 0.05) is 11.0 Å². The highest BCUT2D eigenvalue weighted by Crippen LogP contribution is 2.13. The van der Waals surface area contributed by atoms with E-state index in [2.05, 4.69) is 34.4 Å². The van der Waals surface area contributed by atoms with Gasteiger partial charge in [-0.15, -0.1) is 0 Å². The molecule has 0 N–H and O–H groups in total. The van der Waals surface area contributed by atoms with Crippen LogP contribution in [-0.4, -0.2) is 35.3 Å². The summed E-state index contributed by atoms with van der Waals surface area (Å²) < 4.78 is 6.71. The van der Waals surface area contributed by atoms with Crippen molar-refractivity contribution in [2.75, 3.05) is 24.1 Å². The second kappa shape index (κ2) is 4.51. The summed E-state index contributed by atoms with van der Waals surface area (Å²) in [6, 6.07) is 0. The van der Waals surface area contributed by atoms with E-state index in [-0.39, 0.29) is 0 Å². The van der Waals surface area contributed by atoms with Crippen LogP contribution in [0, 0.1) is 0 Å². The molecule has 1 fully saturated rings. The van der Waals surface area contributed by atoms with Crippen LogP contribution in [0.2, 0.25) is 0 Å². The molecule has 1 saturated heterocycles. The van der Waals surface area contributed by atoms with Crippen LogP contribution in [0.4, 0.5) is 0 Å². The second-order valence-corrected chi connectivity index (χ2v) is 3.51. The normalized spacial score (nSPS) is 27.6. The summed E-state index contributed by atoms with van der Waals surface area (Å²) in [5.41, 5.74) is 0. The minimum Gasteiger partial charge on any atom is -0.362 e. The fraction of sp³-hybridized carbons (Fsp3) is 1.00. The minimum absolute atomic E-state index is 0.418. The summed E-state index contributed by atoms with van der Waals surface area (Å²) in [6.45, 7) is 5.36. The number of alkyl halides is 1. The molecule has 1 heterocycles. The Balaban J connectivity index is 2.27. The van der Waals surface area contributed by atoms with Gasteiger partial charge in [0.25, 0.3) is 0 Å². The van der Waals surface area contributed by atoms with Gasteiger partial charge in [-0.3, -0.25) is 4.90 Å². The lowest BCUT2D eigenvalue weighted by Crippen LogP contribution is -2.30. The van der Waals surface area contributed by atoms with Crippen LogP contribution < -0.4 is 0 Å². The topological polar surface area (TPSA) is 12.5 Å². The molecule has 0 radical (unpaired) electrons. The predicted octanol–water partition coefficient (Wildman–Crippen LogP) is 1.49. The fourth-order valence-electron chi connectivity index (χ4n) is 1.28. The number of rotatable bonds is 3. The molecule has 1 rings (SSSR count). The van der Waals surface area contributed by atoms with E-state index >= 15 is 0 Å². The Morgan fingerprint density at radius 3 is 3.10 bits per heavy atom. The quantitative estimate of drug-likeness (QED) is 0.559. The molecule has 1 atom stereocenters. The van der Waals surface area contributed by atoms with E-state index in [0.29, 0.717) is 6.23 Å². The first-order chi connectivity index (χ1) is 4.88. The Morgan fingerprint density at radius 2 is 2.50 bits per heavy atom. The molecule has 2 nitrogen and oxygen atoms in total. The molecule has 1 aliphatic heterocycles. The van der Waals surface area contributed by atoms with Gasteiger partial charge in [0.2, 0.25) is 0 Å². The number of likely N-dealkylation sites (N-methyl/N-ethyl adjacent to an activating group) is 1. The van der Waals surface area contributed by atoms with Crippen molar-refractivity contribution >= 4 is 22.6 Å². The third kappa shape index (κ3) is 2.07. The summed E-state index contributed by atoms with van der Waals surface area (Å²) >= 11 is 2.40. The highest BCUT2D eigenvalue weighted by molar-refractivity contribution is 14.1. The van der Waals surface area contributed by atoms with Crippen molar-refractivity contribution in [3.8, 4) is 0 Å². The van der Waals surface area contributed by atoms with Crippen molar-refractivity contribution in [2.24, 2.45) is 0 Å². The smallest absolute Gasteiger partial charge is 0.111 e. The summed E-state index contributed by atoms with van der Waals surface area (Å²) in [7, 11) is 0. The van der Waals surface area contributed by atoms with E-state index in [1.54, 1.807) is 0 Å². The number of hydrogen-bond donors (Lipinski definition) is 0. The Morgan fingerprint density at radius 1 is 1.70 bits per heavy atom. The average Bonchev–Trinajstić information content (AvgIpc) is 2.36. The van der Waals surface area contributed by atoms with Crippen LogP contribution in [0.3, 0.4) is 0 Å². The molecule has 1 aliphatic rings. The number of nitrogens with zero attached hydrogens (tertiary/aromatic N) is 1. The van der Waals surface area contributed by atoms with Crippen molar-refractivity contribution in [3.05, 3.63) is 0 Å². The third-order valence-electron chi connectivity index (χ3n) is 1.86. The van der Waals surface area contributed by atoms with Gasteiger partial charge >= 0.3 is 0 Å². The van der Waals surface area contributed by atoms with E-state index in [1.807, 2.05) is 0 Å². The average molecular weight is 255 g/mol. The van der Waals surface area contributed by atoms with E-state index < -0.39 is 0 Å². The molecule has 0 bridgehead atoms. The lowest BCUT2D eigenvalue weighted by Gasteiger charge is -2.19. The van der Waals surface area contributed by atoms with Crippen LogP contribution in [0.25, 0.3) is 0 Å². The zero-order valence-electron chi connectivity index (χ0n) is 6.35. The molecule has 0 aromatic carbocycles. The molecule has 0 spiro atoms. The van der Waals surface area contributed by atoms with Crippen molar-refractivity contribution in [3.63, 3.8) is 0 Å². The van der Waals surface area contributed by atoms with E-state index in [0.717, 1.165) is 19.7 Å². The second-order valence-electron chi connectivity index (χ2n) is 2.43. The van der Waals surface area contributed by atoms with Gasteiger partial charge in [0.05, 0.1) is 6.61 Å². The van der Waals surface area contributed by atoms with E-state index in [9.17, 15) is 0 Å². The molecule has 0 saturated carbocycles. The van der Waals surface area contributed by atoms with Crippen LogP contribution in [0.5, 0.6) is 0 Å². The summed E-state index contributed by atoms with van der Waals surface area (Å²) in [4.78, 5) is 2.39. The first-order valence-electron chi connectivity index (χ1n) is 3.80. The third-order valence-corrected chi connectivity index (χ3v) is 2.48. The van der Waals surface area contributed by atoms with Gasteiger partial charge in [-0.1, -0.05) is 29.5 Å². The number of ether oxygens (including phenoxy) is 1. The van der Waals surface area contributed by atoms with Gasteiger partial charge in [0.15, 0.2) is 0 Å². The van der Waals surface area contributed by atoms with Crippen molar-refractivity contribution in [2.45, 2.75) is 19.6 Å². The Labute approximate surface area is 76.1 Å². The monoisotopic (exact) mass is 255 g/mol. The number of hydrogen-bond acceptors (Lipinski definition) is 2. The molecule has 60 valence electrons. The Kier molecular flexibility index (Phi) is 3.95. The van der Waals surface area contributed by atoms with E-state index in [4.69, 9.17) is 4.74 Å². The van der Waals surface area contributed by atoms with Crippen LogP contribution >= 0.6 is 22.6 Å². The number of halogens is 1. The summed E-state index contributed by atoms with van der Waals surface area (Å²) in [5, 5.41) is 0. The summed E-state index contributed by atoms with van der Waals surface area (Å²) in [6.07, 6.45) is 1.59. The Hall–Kier alpha value is 0.650. The maximum Gasteiger partial charge on any atom is 0.111 e. The van der Waals surface area contributed by atoms with E-state index in [1.165, 1.54) is 10.8 Å². The fourth-order valence-corrected chi connectivity index (χ4v) is 1.81. The molecule has 3 heteroatoms. The minimum atomic E-state index is 0.418. The highest BCUT2D eigenvalue weighted by Gasteiger charge is 2.22. The maximum absolute atomic E-state index is 5.52. The first kappa shape index (κ1) is 8.74. The molecule has 0 aromatic heterocycles. The van der Waals surface area contributed by atoms with Gasteiger partial charge in [-0.2, -0.15) is 0 Å². The zero-order valence-corrected chi connectivity index (χ0v) is 8.50. The largest absolute Gasteiger partial charge is 0.362 e. The van der Waals surface area contributed by atoms with Gasteiger partial charge in [-0.25, -0.2) is 0 Å². The Bertz CT molecular complexity index is 99.6. The molecule has 1 unspecified atom stereocenters. The highest BCUT2D eigenvalue weighted by atomic mass is 127. The standard InChI is InChI=1S/C7H14INO/c1-2-9-5-6-10-7(9)3-4-8/h7H,2-6H2,1H3. The van der Waals surface area contributed by atoms with Gasteiger partial charge < -0.3 is 4.74 Å². The van der Waals surface area contributed by atoms with Crippen LogP contribution in [0.1, 0.15) is 13.3 Å². The predicted molar refractivity (Wildman–Crippen MR) is 50.5 cm³/mol. The molecular weight excluding hydrogens is 241 g/mol. The van der Waals surface area contributed by atoms with Crippen molar-refractivity contribution < 1.29 is 4.74 Å². The molecule has 10 heavy (non-hydrogen) atoms. The van der Waals surface area contributed by atoms with Crippen molar-refractivity contribution in [1.29, 1.82) is 0 Å². The molecule has 0 aromatic rings. The lowest BCUT2D eigenvalue weighted by molar-refractivity contribution is 0.0352. The SMILES string of the molecule is CCN1CCOC1CCI. The molecular formula is C7H14INO. The summed E-state index contributed by atoms with van der Waals surface area (Å²) in [5.74, 6) is 0. The lowest BCUT2D eigenvalue weighted by atomic mass is 10.4. The van der Waals surface area contributed by atoms with Gasteiger partial charge in [-0.05, 0) is 13.0 Å².